The van der Waals surface area contributed by atoms with E-state index >= 15 is 0 Å². The molecule has 2 aromatic carbocycles. The maximum absolute atomic E-state index is 13.6. The highest BCUT2D eigenvalue weighted by Gasteiger charge is 2.29. The third-order valence-corrected chi connectivity index (χ3v) is 5.76. The first kappa shape index (κ1) is 29.4. The van der Waals surface area contributed by atoms with Gasteiger partial charge in [0, 0.05) is 28.9 Å². The molecule has 8 nitrogen and oxygen atoms in total. The molecule has 10 heteroatoms. The minimum Gasteiger partial charge on any atom is -0.466 e. The summed E-state index contributed by atoms with van der Waals surface area (Å²) in [5.74, 6) is -0.447. The van der Waals surface area contributed by atoms with Crippen LogP contribution >= 0.6 is 0 Å². The van der Waals surface area contributed by atoms with Crippen LogP contribution < -0.4 is 0 Å². The molecule has 0 radical (unpaired) electrons. The second-order valence-corrected chi connectivity index (χ2v) is 10.6. The standard InChI is InChI=1S/C27H28FNO4.CH4O3S/c1-2-33-25(32)16-21(31)15-20(30)13-14-23-26(17-9-11-19(28)12-10-17)22-5-3-4-6-24(22)29-27(23)18-7-8-18;1-5(2,3)4/h3-6,9-14,18,20-21,30-31H,2,7-8,15-16H2,1H3;1H3,(H,2,3,4)/b14-13+;. The van der Waals surface area contributed by atoms with Crippen molar-refractivity contribution < 1.29 is 37.1 Å². The van der Waals surface area contributed by atoms with E-state index in [0.29, 0.717) is 12.2 Å². The van der Waals surface area contributed by atoms with Gasteiger partial charge in [0.2, 0.25) is 0 Å². The summed E-state index contributed by atoms with van der Waals surface area (Å²) in [6, 6.07) is 14.3. The van der Waals surface area contributed by atoms with Crippen LogP contribution in [0.2, 0.25) is 0 Å². The van der Waals surface area contributed by atoms with E-state index in [9.17, 15) is 27.8 Å². The summed E-state index contributed by atoms with van der Waals surface area (Å²) in [5.41, 5.74) is 4.54. The van der Waals surface area contributed by atoms with E-state index < -0.39 is 28.3 Å². The third-order valence-electron chi connectivity index (χ3n) is 5.76. The Morgan fingerprint density at radius 1 is 1.16 bits per heavy atom. The van der Waals surface area contributed by atoms with Crippen LogP contribution in [0.25, 0.3) is 28.1 Å². The molecule has 4 rings (SSSR count). The summed E-state index contributed by atoms with van der Waals surface area (Å²) in [7, 11) is -3.67. The van der Waals surface area contributed by atoms with E-state index in [0.717, 1.165) is 46.1 Å². The average molecular weight is 546 g/mol. The normalized spacial score (nSPS) is 15.1. The average Bonchev–Trinajstić information content (AvgIpc) is 3.67. The molecule has 0 bridgehead atoms. The number of rotatable bonds is 9. The molecule has 2 atom stereocenters. The number of esters is 1. The summed E-state index contributed by atoms with van der Waals surface area (Å²) in [4.78, 5) is 16.5. The number of pyridine rings is 1. The third kappa shape index (κ3) is 8.98. The van der Waals surface area contributed by atoms with Crippen molar-refractivity contribution in [1.82, 2.24) is 4.98 Å². The lowest BCUT2D eigenvalue weighted by Crippen LogP contribution is -2.20. The SMILES string of the molecule is CCOC(=O)CC(O)CC(O)/C=C/c1c(C2CC2)nc2ccccc2c1-c1ccc(F)cc1.CS(=O)(=O)O. The Labute approximate surface area is 221 Å². The lowest BCUT2D eigenvalue weighted by atomic mass is 9.92. The molecule has 1 fully saturated rings. The van der Waals surface area contributed by atoms with Gasteiger partial charge in [-0.1, -0.05) is 42.5 Å². The van der Waals surface area contributed by atoms with Gasteiger partial charge in [-0.15, -0.1) is 0 Å². The quantitative estimate of drug-likeness (QED) is 0.264. The fourth-order valence-electron chi connectivity index (χ4n) is 4.07. The highest BCUT2D eigenvalue weighted by atomic mass is 32.2. The predicted molar refractivity (Wildman–Crippen MR) is 143 cm³/mol. The first-order valence-corrected chi connectivity index (χ1v) is 14.1. The van der Waals surface area contributed by atoms with Gasteiger partial charge in [0.25, 0.3) is 10.1 Å². The molecule has 0 saturated heterocycles. The number of aliphatic hydroxyl groups excluding tert-OH is 2. The number of nitrogens with zero attached hydrogens (tertiary/aromatic N) is 1. The molecule has 0 spiro atoms. The highest BCUT2D eigenvalue weighted by Crippen LogP contribution is 2.45. The zero-order valence-corrected chi connectivity index (χ0v) is 22.1. The molecule has 1 aliphatic rings. The molecule has 3 aromatic rings. The number of para-hydroxylation sites is 1. The Balaban J connectivity index is 0.000000732. The molecular weight excluding hydrogens is 513 g/mol. The number of aromatic nitrogens is 1. The second-order valence-electron chi connectivity index (χ2n) is 9.14. The monoisotopic (exact) mass is 545 g/mol. The Morgan fingerprint density at radius 2 is 1.79 bits per heavy atom. The molecule has 1 saturated carbocycles. The molecular formula is C28H32FNO7S. The minimum atomic E-state index is -3.67. The lowest BCUT2D eigenvalue weighted by Gasteiger charge is -2.16. The molecule has 0 aliphatic heterocycles. The van der Waals surface area contributed by atoms with Crippen LogP contribution in [0.1, 0.15) is 49.8 Å². The zero-order chi connectivity index (χ0) is 27.9. The number of benzene rings is 2. The van der Waals surface area contributed by atoms with Gasteiger partial charge in [-0.05, 0) is 43.5 Å². The van der Waals surface area contributed by atoms with Crippen molar-refractivity contribution in [3.05, 3.63) is 71.7 Å². The summed E-state index contributed by atoms with van der Waals surface area (Å²) in [6.45, 7) is 1.95. The minimum absolute atomic E-state index is 0.0148. The number of hydrogen-bond donors (Lipinski definition) is 3. The number of halogens is 1. The van der Waals surface area contributed by atoms with E-state index in [4.69, 9.17) is 14.3 Å². The number of aliphatic hydroxyl groups is 2. The molecule has 38 heavy (non-hydrogen) atoms. The van der Waals surface area contributed by atoms with Crippen LogP contribution in [0.3, 0.4) is 0 Å². The van der Waals surface area contributed by atoms with Crippen molar-refractivity contribution in [1.29, 1.82) is 0 Å². The Morgan fingerprint density at radius 3 is 2.39 bits per heavy atom. The van der Waals surface area contributed by atoms with Crippen molar-refractivity contribution >= 4 is 33.1 Å². The van der Waals surface area contributed by atoms with Crippen molar-refractivity contribution in [2.45, 2.75) is 50.7 Å². The van der Waals surface area contributed by atoms with Crippen LogP contribution in [-0.4, -0.2) is 59.2 Å². The van der Waals surface area contributed by atoms with Gasteiger partial charge in [-0.25, -0.2) is 4.39 Å². The van der Waals surface area contributed by atoms with Gasteiger partial charge < -0.3 is 14.9 Å². The van der Waals surface area contributed by atoms with Crippen LogP contribution in [-0.2, 0) is 19.6 Å². The maximum atomic E-state index is 13.6. The fraction of sp³-hybridized carbons (Fsp3) is 0.357. The summed E-state index contributed by atoms with van der Waals surface area (Å²) < 4.78 is 44.4. The van der Waals surface area contributed by atoms with Gasteiger partial charge in [-0.3, -0.25) is 14.3 Å². The van der Waals surface area contributed by atoms with E-state index in [-0.39, 0.29) is 25.3 Å². The summed E-state index contributed by atoms with van der Waals surface area (Å²) in [5, 5.41) is 21.6. The number of ether oxygens (including phenoxy) is 1. The molecule has 1 aromatic heterocycles. The van der Waals surface area contributed by atoms with Crippen LogP contribution in [0.4, 0.5) is 4.39 Å². The largest absolute Gasteiger partial charge is 0.466 e. The van der Waals surface area contributed by atoms with Gasteiger partial charge >= 0.3 is 5.97 Å². The first-order valence-electron chi connectivity index (χ1n) is 12.3. The van der Waals surface area contributed by atoms with Crippen LogP contribution in [0.5, 0.6) is 0 Å². The Hall–Kier alpha value is -3.18. The number of carbonyl (C=O) groups excluding carboxylic acids is 1. The smallest absolute Gasteiger partial charge is 0.308 e. The fourth-order valence-corrected chi connectivity index (χ4v) is 4.07. The summed E-state index contributed by atoms with van der Waals surface area (Å²) >= 11 is 0. The van der Waals surface area contributed by atoms with E-state index in [2.05, 4.69) is 0 Å². The van der Waals surface area contributed by atoms with E-state index in [1.165, 1.54) is 12.1 Å². The van der Waals surface area contributed by atoms with E-state index in [1.54, 1.807) is 25.1 Å². The Kier molecular flexibility index (Phi) is 10.1. The zero-order valence-electron chi connectivity index (χ0n) is 21.2. The maximum Gasteiger partial charge on any atom is 0.308 e. The molecule has 0 amide bonds. The van der Waals surface area contributed by atoms with Gasteiger partial charge in [-0.2, -0.15) is 8.42 Å². The lowest BCUT2D eigenvalue weighted by molar-refractivity contribution is -0.145. The van der Waals surface area contributed by atoms with Crippen molar-refractivity contribution in [2.24, 2.45) is 0 Å². The van der Waals surface area contributed by atoms with Crippen molar-refractivity contribution in [3.63, 3.8) is 0 Å². The first-order chi connectivity index (χ1) is 18.0. The molecule has 2 unspecified atom stereocenters. The Bertz CT molecular complexity index is 1380. The topological polar surface area (TPSA) is 134 Å². The van der Waals surface area contributed by atoms with Crippen molar-refractivity contribution in [3.8, 4) is 11.1 Å². The number of fused-ring (bicyclic) bond motifs is 1. The van der Waals surface area contributed by atoms with Gasteiger partial charge in [0.15, 0.2) is 0 Å². The number of hydrogen-bond acceptors (Lipinski definition) is 7. The number of carbonyl (C=O) groups is 1. The molecule has 3 N–H and O–H groups in total. The highest BCUT2D eigenvalue weighted by molar-refractivity contribution is 7.85. The molecule has 204 valence electrons. The summed E-state index contributed by atoms with van der Waals surface area (Å²) in [6.07, 6.45) is 4.18. The van der Waals surface area contributed by atoms with E-state index in [1.807, 2.05) is 30.3 Å². The molecule has 1 aliphatic carbocycles. The predicted octanol–water partition coefficient (Wildman–Crippen LogP) is 4.50. The van der Waals surface area contributed by atoms with Crippen LogP contribution in [0.15, 0.2) is 54.6 Å². The van der Waals surface area contributed by atoms with Gasteiger partial charge in [0.1, 0.15) is 5.82 Å². The van der Waals surface area contributed by atoms with Crippen LogP contribution in [0, 0.1) is 5.82 Å². The molecule has 1 heterocycles. The second kappa shape index (κ2) is 13.1. The van der Waals surface area contributed by atoms with Crippen molar-refractivity contribution in [2.75, 3.05) is 12.9 Å². The van der Waals surface area contributed by atoms with Gasteiger partial charge in [0.05, 0.1) is 42.7 Å².